The number of hydrogen-bond donors (Lipinski definition) is 0. The van der Waals surface area contributed by atoms with E-state index in [1.54, 1.807) is 17.2 Å². The fraction of sp³-hybridized carbons (Fsp3) is 0.345. The molecular weight excluding hydrogens is 470 g/mol. The Kier molecular flexibility index (Phi) is 5.56. The highest BCUT2D eigenvalue weighted by molar-refractivity contribution is 8.18. The number of nitrogens with zero attached hydrogens (tertiary/aromatic N) is 3. The first-order valence-electron chi connectivity index (χ1n) is 12.4. The smallest absolute Gasteiger partial charge is 0.267 e. The van der Waals surface area contributed by atoms with Gasteiger partial charge in [0.15, 0.2) is 5.17 Å². The van der Waals surface area contributed by atoms with Gasteiger partial charge in [-0.25, -0.2) is 0 Å². The second kappa shape index (κ2) is 8.66. The van der Waals surface area contributed by atoms with Crippen LogP contribution in [0.25, 0.3) is 17.4 Å². The van der Waals surface area contributed by atoms with Gasteiger partial charge in [-0.2, -0.15) is 5.10 Å². The van der Waals surface area contributed by atoms with Crippen LogP contribution in [0.3, 0.4) is 0 Å². The number of rotatable bonds is 5. The number of hydrogen-bond acceptors (Lipinski definition) is 6. The summed E-state index contributed by atoms with van der Waals surface area (Å²) in [5.74, 6) is 2.59. The molecular formula is C29H29N3O3S. The van der Waals surface area contributed by atoms with Crippen molar-refractivity contribution in [3.05, 3.63) is 77.3 Å². The van der Waals surface area contributed by atoms with Crippen molar-refractivity contribution in [2.75, 3.05) is 0 Å². The molecule has 7 heteroatoms. The summed E-state index contributed by atoms with van der Waals surface area (Å²) in [5, 5.41) is 9.98. The van der Waals surface area contributed by atoms with Gasteiger partial charge in [-0.15, -0.1) is 5.10 Å². The zero-order valence-corrected chi connectivity index (χ0v) is 21.5. The minimum Gasteiger partial charge on any atom is -0.467 e. The standard InChI is InChI=1S/C29H29N3O3S/c1-28(2)20-13-14-29(28,3)25(16-20)30-31-27-32(18-22-10-7-15-34-22)26(33)24(36-27)17-21-11-12-23(35-21)19-8-5-4-6-9-19/h4-12,15,17,20H,13-14,16,18H2,1-3H3. The van der Waals surface area contributed by atoms with E-state index in [2.05, 4.69) is 25.9 Å². The highest BCUT2D eigenvalue weighted by Crippen LogP contribution is 2.64. The fourth-order valence-electron chi connectivity index (χ4n) is 5.78. The minimum atomic E-state index is -0.132. The molecule has 2 atom stereocenters. The van der Waals surface area contributed by atoms with Crippen molar-refractivity contribution < 1.29 is 13.6 Å². The van der Waals surface area contributed by atoms with E-state index in [4.69, 9.17) is 13.9 Å². The lowest BCUT2D eigenvalue weighted by Crippen LogP contribution is -2.32. The average Bonchev–Trinajstić information content (AvgIpc) is 3.68. The quantitative estimate of drug-likeness (QED) is 0.275. The largest absolute Gasteiger partial charge is 0.467 e. The zero-order chi connectivity index (χ0) is 24.9. The lowest BCUT2D eigenvalue weighted by atomic mass is 9.70. The Hall–Kier alpha value is -3.32. The van der Waals surface area contributed by atoms with Crippen LogP contribution < -0.4 is 0 Å². The molecule has 0 N–H and O–H groups in total. The number of amidine groups is 1. The Morgan fingerprint density at radius 2 is 1.92 bits per heavy atom. The van der Waals surface area contributed by atoms with E-state index in [1.807, 2.05) is 54.6 Å². The van der Waals surface area contributed by atoms with Crippen LogP contribution >= 0.6 is 11.8 Å². The summed E-state index contributed by atoms with van der Waals surface area (Å²) in [6.45, 7) is 7.33. The molecule has 3 aliphatic rings. The highest BCUT2D eigenvalue weighted by Gasteiger charge is 2.60. The van der Waals surface area contributed by atoms with Gasteiger partial charge in [-0.05, 0) is 66.6 Å². The zero-order valence-electron chi connectivity index (χ0n) is 20.7. The third kappa shape index (κ3) is 3.77. The molecule has 3 heterocycles. The number of thioether (sulfide) groups is 1. The van der Waals surface area contributed by atoms with E-state index in [0.717, 1.165) is 29.9 Å². The Morgan fingerprint density at radius 1 is 1.08 bits per heavy atom. The molecule has 0 radical (unpaired) electrons. The molecule has 1 aromatic carbocycles. The van der Waals surface area contributed by atoms with Gasteiger partial charge in [0.1, 0.15) is 17.3 Å². The van der Waals surface area contributed by atoms with Crippen LogP contribution in [0.1, 0.15) is 51.6 Å². The predicted molar refractivity (Wildman–Crippen MR) is 143 cm³/mol. The van der Waals surface area contributed by atoms with Crippen molar-refractivity contribution in [3.8, 4) is 11.3 Å². The van der Waals surface area contributed by atoms with E-state index in [1.165, 1.54) is 18.2 Å². The molecule has 2 saturated carbocycles. The first kappa shape index (κ1) is 23.1. The summed E-state index contributed by atoms with van der Waals surface area (Å²) < 4.78 is 11.5. The number of benzene rings is 1. The van der Waals surface area contributed by atoms with Gasteiger partial charge in [-0.1, -0.05) is 51.1 Å². The maximum atomic E-state index is 13.4. The van der Waals surface area contributed by atoms with E-state index < -0.39 is 0 Å². The Morgan fingerprint density at radius 3 is 2.61 bits per heavy atom. The summed E-state index contributed by atoms with van der Waals surface area (Å²) in [6.07, 6.45) is 6.77. The monoisotopic (exact) mass is 499 g/mol. The number of carbonyl (C=O) groups excluding carboxylic acids is 1. The van der Waals surface area contributed by atoms with Crippen molar-refractivity contribution in [1.29, 1.82) is 0 Å². The van der Waals surface area contributed by atoms with Gasteiger partial charge in [0.05, 0.1) is 17.7 Å². The van der Waals surface area contributed by atoms with E-state index >= 15 is 0 Å². The van der Waals surface area contributed by atoms with Crippen LogP contribution in [-0.2, 0) is 11.3 Å². The number of carbonyl (C=O) groups is 1. The maximum Gasteiger partial charge on any atom is 0.267 e. The second-order valence-corrected chi connectivity index (χ2v) is 11.6. The van der Waals surface area contributed by atoms with Crippen LogP contribution in [0.15, 0.2) is 84.8 Å². The number of fused-ring (bicyclic) bond motifs is 2. The molecule has 6 rings (SSSR count). The van der Waals surface area contributed by atoms with Gasteiger partial charge < -0.3 is 8.83 Å². The molecule has 6 nitrogen and oxygen atoms in total. The van der Waals surface area contributed by atoms with Gasteiger partial charge in [0.25, 0.3) is 5.91 Å². The van der Waals surface area contributed by atoms with Crippen LogP contribution in [-0.4, -0.2) is 21.7 Å². The molecule has 1 aliphatic heterocycles. The molecule has 36 heavy (non-hydrogen) atoms. The molecule has 2 unspecified atom stereocenters. The van der Waals surface area contributed by atoms with E-state index in [-0.39, 0.29) is 16.7 Å². The lowest BCUT2D eigenvalue weighted by molar-refractivity contribution is -0.122. The molecule has 3 aromatic rings. The number of furan rings is 2. The first-order valence-corrected chi connectivity index (χ1v) is 13.2. The van der Waals surface area contributed by atoms with Gasteiger partial charge in [-0.3, -0.25) is 9.69 Å². The van der Waals surface area contributed by atoms with Crippen LogP contribution in [0.2, 0.25) is 0 Å². The Bertz CT molecular complexity index is 1380. The van der Waals surface area contributed by atoms with Crippen molar-refractivity contribution in [1.82, 2.24) is 4.90 Å². The molecule has 2 aromatic heterocycles. The van der Waals surface area contributed by atoms with Crippen molar-refractivity contribution in [3.63, 3.8) is 0 Å². The summed E-state index contributed by atoms with van der Waals surface area (Å²) in [7, 11) is 0. The summed E-state index contributed by atoms with van der Waals surface area (Å²) in [5.41, 5.74) is 2.42. The second-order valence-electron chi connectivity index (χ2n) is 10.6. The van der Waals surface area contributed by atoms with Crippen molar-refractivity contribution in [2.45, 2.75) is 46.6 Å². The maximum absolute atomic E-state index is 13.4. The topological polar surface area (TPSA) is 71.3 Å². The summed E-state index contributed by atoms with van der Waals surface area (Å²) in [4.78, 5) is 15.6. The SMILES string of the molecule is CC12CCC(CC1=NN=C1SC(=Cc3ccc(-c4ccccc4)o3)C(=O)N1Cc1ccco1)C2(C)C. The molecule has 3 fully saturated rings. The van der Waals surface area contributed by atoms with E-state index in [9.17, 15) is 4.79 Å². The molecule has 2 bridgehead atoms. The molecule has 1 amide bonds. The summed E-state index contributed by atoms with van der Waals surface area (Å²) >= 11 is 1.33. The third-order valence-electron chi connectivity index (χ3n) is 8.51. The predicted octanol–water partition coefficient (Wildman–Crippen LogP) is 7.21. The van der Waals surface area contributed by atoms with Crippen LogP contribution in [0, 0.1) is 16.7 Å². The average molecular weight is 500 g/mol. The minimum absolute atomic E-state index is 0.0571. The molecule has 0 spiro atoms. The van der Waals surface area contributed by atoms with Crippen LogP contribution in [0.4, 0.5) is 0 Å². The van der Waals surface area contributed by atoms with Gasteiger partial charge in [0, 0.05) is 22.8 Å². The molecule has 1 saturated heterocycles. The number of amides is 1. The van der Waals surface area contributed by atoms with E-state index in [0.29, 0.717) is 34.1 Å². The Balaban J connectivity index is 1.31. The normalized spacial score (nSPS) is 28.3. The van der Waals surface area contributed by atoms with Gasteiger partial charge in [0.2, 0.25) is 0 Å². The van der Waals surface area contributed by atoms with Crippen molar-refractivity contribution in [2.24, 2.45) is 27.0 Å². The Labute approximate surface area is 215 Å². The first-order chi connectivity index (χ1) is 17.3. The van der Waals surface area contributed by atoms with Crippen LogP contribution in [0.5, 0.6) is 0 Å². The molecule has 184 valence electrons. The third-order valence-corrected chi connectivity index (χ3v) is 9.51. The summed E-state index contributed by atoms with van der Waals surface area (Å²) in [6, 6.07) is 17.4. The fourth-order valence-corrected chi connectivity index (χ4v) is 6.69. The highest BCUT2D eigenvalue weighted by atomic mass is 32.2. The van der Waals surface area contributed by atoms with Gasteiger partial charge >= 0.3 is 0 Å². The van der Waals surface area contributed by atoms with Crippen molar-refractivity contribution >= 4 is 34.6 Å². The molecule has 2 aliphatic carbocycles. The lowest BCUT2D eigenvalue weighted by Gasteiger charge is -2.34.